The van der Waals surface area contributed by atoms with E-state index in [9.17, 15) is 0 Å². The van der Waals surface area contributed by atoms with Crippen LogP contribution in [0.5, 0.6) is 0 Å². The van der Waals surface area contributed by atoms with Crippen LogP contribution in [0, 0.1) is 12.8 Å². The summed E-state index contributed by atoms with van der Waals surface area (Å²) in [6, 6.07) is 0.354. The molecule has 1 unspecified atom stereocenters. The molecule has 16 heavy (non-hydrogen) atoms. The van der Waals surface area contributed by atoms with Crippen molar-refractivity contribution in [3.63, 3.8) is 0 Å². The van der Waals surface area contributed by atoms with E-state index >= 15 is 0 Å². The number of thiazole rings is 1. The molecule has 1 aromatic heterocycles. The molecule has 1 aliphatic heterocycles. The van der Waals surface area contributed by atoms with Gasteiger partial charge in [-0.15, -0.1) is 11.3 Å². The van der Waals surface area contributed by atoms with Gasteiger partial charge in [-0.05, 0) is 45.7 Å². The first-order valence-electron chi connectivity index (χ1n) is 6.04. The maximum absolute atomic E-state index is 5.94. The Morgan fingerprint density at radius 2 is 2.25 bits per heavy atom. The summed E-state index contributed by atoms with van der Waals surface area (Å²) in [6.45, 7) is 7.63. The Labute approximate surface area is 102 Å². The van der Waals surface area contributed by atoms with Crippen LogP contribution in [0.3, 0.4) is 0 Å². The Morgan fingerprint density at radius 3 is 2.75 bits per heavy atom. The lowest BCUT2D eigenvalue weighted by Gasteiger charge is -2.33. The molecule has 2 heterocycles. The van der Waals surface area contributed by atoms with Crippen LogP contribution in [0.15, 0.2) is 6.20 Å². The molecule has 4 heteroatoms. The highest BCUT2D eigenvalue weighted by Gasteiger charge is 2.21. The number of nitrogens with two attached hydrogens (primary N) is 1. The maximum atomic E-state index is 5.94. The normalized spacial score (nSPS) is 21.2. The van der Waals surface area contributed by atoms with E-state index in [1.807, 2.05) is 17.5 Å². The number of rotatable bonds is 3. The summed E-state index contributed by atoms with van der Waals surface area (Å²) in [7, 11) is 0. The van der Waals surface area contributed by atoms with E-state index in [0.717, 1.165) is 12.5 Å². The quantitative estimate of drug-likeness (QED) is 0.877. The van der Waals surface area contributed by atoms with Crippen LogP contribution in [0.4, 0.5) is 0 Å². The number of aromatic nitrogens is 1. The van der Waals surface area contributed by atoms with Crippen LogP contribution in [-0.4, -0.2) is 29.0 Å². The molecule has 1 aliphatic rings. The molecule has 2 N–H and O–H groups in total. The molecular formula is C12H21N3S. The Kier molecular flexibility index (Phi) is 3.95. The summed E-state index contributed by atoms with van der Waals surface area (Å²) >= 11 is 1.81. The largest absolute Gasteiger partial charge is 0.328 e. The van der Waals surface area contributed by atoms with Gasteiger partial charge in [0.2, 0.25) is 0 Å². The van der Waals surface area contributed by atoms with E-state index < -0.39 is 0 Å². The zero-order chi connectivity index (χ0) is 11.5. The third-order valence-corrected chi connectivity index (χ3v) is 4.32. The van der Waals surface area contributed by atoms with Gasteiger partial charge in [-0.3, -0.25) is 4.90 Å². The van der Waals surface area contributed by atoms with Crippen LogP contribution in [0.1, 0.15) is 29.7 Å². The van der Waals surface area contributed by atoms with Crippen LogP contribution in [0.25, 0.3) is 0 Å². The van der Waals surface area contributed by atoms with Gasteiger partial charge < -0.3 is 5.73 Å². The molecule has 0 radical (unpaired) electrons. The van der Waals surface area contributed by atoms with Gasteiger partial charge in [0.15, 0.2) is 0 Å². The van der Waals surface area contributed by atoms with Crippen molar-refractivity contribution >= 4 is 11.3 Å². The molecule has 3 nitrogen and oxygen atoms in total. The zero-order valence-electron chi connectivity index (χ0n) is 10.1. The third-order valence-electron chi connectivity index (χ3n) is 3.42. The highest BCUT2D eigenvalue weighted by molar-refractivity contribution is 7.11. The van der Waals surface area contributed by atoms with Crippen LogP contribution < -0.4 is 5.73 Å². The highest BCUT2D eigenvalue weighted by atomic mass is 32.1. The van der Waals surface area contributed by atoms with Crippen molar-refractivity contribution in [3.8, 4) is 0 Å². The minimum Gasteiger partial charge on any atom is -0.328 e. The van der Waals surface area contributed by atoms with E-state index in [1.165, 1.54) is 35.8 Å². The molecule has 0 aliphatic carbocycles. The summed E-state index contributed by atoms with van der Waals surface area (Å²) in [6.07, 6.45) is 4.50. The first-order chi connectivity index (χ1) is 7.65. The number of piperidine rings is 1. The molecular weight excluding hydrogens is 218 g/mol. The van der Waals surface area contributed by atoms with Gasteiger partial charge in [0.05, 0.1) is 5.01 Å². The van der Waals surface area contributed by atoms with Crippen molar-refractivity contribution in [2.24, 2.45) is 11.7 Å². The van der Waals surface area contributed by atoms with Gasteiger partial charge in [0, 0.05) is 23.7 Å². The topological polar surface area (TPSA) is 42.2 Å². The molecule has 2 rings (SSSR count). The monoisotopic (exact) mass is 239 g/mol. The minimum atomic E-state index is 0.354. The van der Waals surface area contributed by atoms with Crippen molar-refractivity contribution in [1.82, 2.24) is 9.88 Å². The lowest BCUT2D eigenvalue weighted by molar-refractivity contribution is 0.167. The third kappa shape index (κ3) is 3.03. The molecule has 90 valence electrons. The predicted octanol–water partition coefficient (Wildman–Crippen LogP) is 2.01. The van der Waals surface area contributed by atoms with E-state index in [-0.39, 0.29) is 0 Å². The molecule has 0 aromatic carbocycles. The summed E-state index contributed by atoms with van der Waals surface area (Å²) in [5.41, 5.74) is 5.94. The van der Waals surface area contributed by atoms with E-state index in [0.29, 0.717) is 6.04 Å². The van der Waals surface area contributed by atoms with Crippen molar-refractivity contribution in [3.05, 3.63) is 16.1 Å². The Bertz CT molecular complexity index is 327. The Morgan fingerprint density at radius 1 is 1.56 bits per heavy atom. The molecule has 0 amide bonds. The minimum absolute atomic E-state index is 0.354. The first-order valence-corrected chi connectivity index (χ1v) is 6.86. The average Bonchev–Trinajstić information content (AvgIpc) is 2.65. The first kappa shape index (κ1) is 12.0. The van der Waals surface area contributed by atoms with Gasteiger partial charge in [0.1, 0.15) is 0 Å². The molecule has 1 saturated heterocycles. The van der Waals surface area contributed by atoms with E-state index in [4.69, 9.17) is 5.73 Å². The molecule has 1 fully saturated rings. The van der Waals surface area contributed by atoms with Gasteiger partial charge in [-0.2, -0.15) is 0 Å². The molecule has 1 aromatic rings. The second-order valence-corrected chi connectivity index (χ2v) is 6.14. The predicted molar refractivity (Wildman–Crippen MR) is 68.5 cm³/mol. The van der Waals surface area contributed by atoms with Crippen LogP contribution in [0.2, 0.25) is 0 Å². The smallest absolute Gasteiger partial charge is 0.0897 e. The Balaban J connectivity index is 1.81. The summed E-state index contributed by atoms with van der Waals surface area (Å²) in [5.74, 6) is 0.722. The van der Waals surface area contributed by atoms with Gasteiger partial charge in [0.25, 0.3) is 0 Å². The standard InChI is InChI=1S/C12H21N3S/c1-9(13)11-3-5-15(6-4-11)8-12-7-14-10(2)16-12/h7,9,11H,3-6,8,13H2,1-2H3. The fourth-order valence-corrected chi connectivity index (χ4v) is 3.17. The lowest BCUT2D eigenvalue weighted by Crippen LogP contribution is -2.39. The maximum Gasteiger partial charge on any atom is 0.0897 e. The summed E-state index contributed by atoms with van der Waals surface area (Å²) < 4.78 is 0. The van der Waals surface area contributed by atoms with E-state index in [1.54, 1.807) is 0 Å². The van der Waals surface area contributed by atoms with Crippen molar-refractivity contribution in [1.29, 1.82) is 0 Å². The Hall–Kier alpha value is -0.450. The fourth-order valence-electron chi connectivity index (χ4n) is 2.34. The molecule has 1 atom stereocenters. The van der Waals surface area contributed by atoms with Crippen molar-refractivity contribution < 1.29 is 0 Å². The number of hydrogen-bond donors (Lipinski definition) is 1. The van der Waals surface area contributed by atoms with Crippen LogP contribution in [-0.2, 0) is 6.54 Å². The molecule has 0 saturated carbocycles. The second-order valence-electron chi connectivity index (χ2n) is 4.82. The van der Waals surface area contributed by atoms with Crippen LogP contribution >= 0.6 is 11.3 Å². The second kappa shape index (κ2) is 5.25. The zero-order valence-corrected chi connectivity index (χ0v) is 11.0. The van der Waals surface area contributed by atoms with Crippen molar-refractivity contribution in [2.75, 3.05) is 13.1 Å². The number of nitrogens with zero attached hydrogens (tertiary/aromatic N) is 2. The lowest BCUT2D eigenvalue weighted by atomic mass is 9.91. The van der Waals surface area contributed by atoms with Crippen molar-refractivity contribution in [2.45, 2.75) is 39.3 Å². The summed E-state index contributed by atoms with van der Waals surface area (Å²) in [5, 5.41) is 1.17. The highest BCUT2D eigenvalue weighted by Crippen LogP contribution is 2.22. The number of hydrogen-bond acceptors (Lipinski definition) is 4. The summed E-state index contributed by atoms with van der Waals surface area (Å²) in [4.78, 5) is 8.20. The average molecular weight is 239 g/mol. The van der Waals surface area contributed by atoms with E-state index in [2.05, 4.69) is 23.7 Å². The molecule has 0 spiro atoms. The molecule has 0 bridgehead atoms. The van der Waals surface area contributed by atoms with Gasteiger partial charge in [-0.25, -0.2) is 4.98 Å². The number of likely N-dealkylation sites (tertiary alicyclic amines) is 1. The van der Waals surface area contributed by atoms with Gasteiger partial charge >= 0.3 is 0 Å². The number of aryl methyl sites for hydroxylation is 1. The fraction of sp³-hybridized carbons (Fsp3) is 0.750. The SMILES string of the molecule is Cc1ncc(CN2CCC(C(C)N)CC2)s1. The van der Waals surface area contributed by atoms with Gasteiger partial charge in [-0.1, -0.05) is 0 Å².